The minimum Gasteiger partial charge on any atom is -0.249 e. The van der Waals surface area contributed by atoms with Crippen LogP contribution in [-0.2, 0) is 0 Å². The van der Waals surface area contributed by atoms with Gasteiger partial charge in [0.15, 0.2) is 0 Å². The minimum absolute atomic E-state index is 0.354. The topological polar surface area (TPSA) is 14.1 Å². The summed E-state index contributed by atoms with van der Waals surface area (Å²) in [5.74, 6) is -0.708. The Labute approximate surface area is 86.4 Å². The molecule has 1 nitrogen and oxygen atoms in total. The zero-order chi connectivity index (χ0) is 10.7. The van der Waals surface area contributed by atoms with E-state index in [4.69, 9.17) is 0 Å². The summed E-state index contributed by atoms with van der Waals surface area (Å²) in [6, 6.07) is 11.7. The molecule has 3 heteroatoms. The van der Waals surface area contributed by atoms with Crippen molar-refractivity contribution in [2.24, 2.45) is 0 Å². The van der Waals surface area contributed by atoms with Crippen LogP contribution in [0.2, 0.25) is 0 Å². The highest BCUT2D eigenvalue weighted by atomic mass is 19.1. The van der Waals surface area contributed by atoms with Gasteiger partial charge in [0.2, 0.25) is 0 Å². The molecule has 2 rings (SSSR count). The molecule has 0 unspecified atom stereocenters. The van der Waals surface area contributed by atoms with Gasteiger partial charge < -0.3 is 0 Å². The SMILES string of the molecule is Fc1cccc([N]c2cccc(F)c2)c1. The highest BCUT2D eigenvalue weighted by molar-refractivity contribution is 5.48. The van der Waals surface area contributed by atoms with Gasteiger partial charge in [-0.2, -0.15) is 0 Å². The Morgan fingerprint density at radius 2 is 1.20 bits per heavy atom. The molecule has 0 aliphatic rings. The van der Waals surface area contributed by atoms with Gasteiger partial charge in [0.05, 0.1) is 11.4 Å². The molecule has 0 spiro atoms. The van der Waals surface area contributed by atoms with E-state index in [1.54, 1.807) is 24.3 Å². The molecule has 0 amide bonds. The van der Waals surface area contributed by atoms with Crippen LogP contribution >= 0.6 is 0 Å². The van der Waals surface area contributed by atoms with Gasteiger partial charge in [-0.05, 0) is 36.4 Å². The van der Waals surface area contributed by atoms with Crippen LogP contribution in [0.4, 0.5) is 20.2 Å². The van der Waals surface area contributed by atoms with Crippen molar-refractivity contribution in [2.75, 3.05) is 0 Å². The molecular formula is C12H8F2N. The molecule has 0 N–H and O–H groups in total. The van der Waals surface area contributed by atoms with E-state index in [1.807, 2.05) is 0 Å². The molecule has 0 atom stereocenters. The van der Waals surface area contributed by atoms with Gasteiger partial charge in [-0.15, -0.1) is 0 Å². The maximum atomic E-state index is 12.8. The maximum absolute atomic E-state index is 12.8. The highest BCUT2D eigenvalue weighted by Crippen LogP contribution is 2.18. The van der Waals surface area contributed by atoms with E-state index in [0.29, 0.717) is 11.4 Å². The Morgan fingerprint density at radius 3 is 1.60 bits per heavy atom. The smallest absolute Gasteiger partial charge is 0.125 e. The van der Waals surface area contributed by atoms with Gasteiger partial charge >= 0.3 is 0 Å². The Balaban J connectivity index is 2.22. The highest BCUT2D eigenvalue weighted by Gasteiger charge is 1.99. The van der Waals surface area contributed by atoms with Gasteiger partial charge in [0, 0.05) is 0 Å². The molecule has 2 aromatic carbocycles. The Hall–Kier alpha value is -1.90. The van der Waals surface area contributed by atoms with Crippen molar-refractivity contribution in [3.63, 3.8) is 0 Å². The number of hydrogen-bond donors (Lipinski definition) is 0. The molecule has 0 heterocycles. The Morgan fingerprint density at radius 1 is 0.733 bits per heavy atom. The predicted molar refractivity (Wildman–Crippen MR) is 54.3 cm³/mol. The largest absolute Gasteiger partial charge is 0.249 e. The average molecular weight is 204 g/mol. The first-order valence-electron chi connectivity index (χ1n) is 4.47. The standard InChI is InChI=1S/C12H8F2N/c13-9-3-1-5-11(7-9)15-12-6-2-4-10(14)8-12/h1-8H. The lowest BCUT2D eigenvalue weighted by Gasteiger charge is -2.02. The van der Waals surface area contributed by atoms with E-state index in [1.165, 1.54) is 24.3 Å². The van der Waals surface area contributed by atoms with Crippen LogP contribution in [0, 0.1) is 11.6 Å². The van der Waals surface area contributed by atoms with Crippen molar-refractivity contribution < 1.29 is 8.78 Å². The van der Waals surface area contributed by atoms with E-state index < -0.39 is 0 Å². The predicted octanol–water partition coefficient (Wildman–Crippen LogP) is 3.53. The summed E-state index contributed by atoms with van der Waals surface area (Å²) in [4.78, 5) is 0. The Kier molecular flexibility index (Phi) is 2.63. The first kappa shape index (κ1) is 9.65. The fraction of sp³-hybridized carbons (Fsp3) is 0. The van der Waals surface area contributed by atoms with Crippen LogP contribution < -0.4 is 5.32 Å². The molecular weight excluding hydrogens is 196 g/mol. The lowest BCUT2D eigenvalue weighted by Crippen LogP contribution is -1.89. The molecule has 0 bridgehead atoms. The third-order valence-corrected chi connectivity index (χ3v) is 1.87. The summed E-state index contributed by atoms with van der Waals surface area (Å²) in [7, 11) is 0. The van der Waals surface area contributed by atoms with Crippen LogP contribution in [-0.4, -0.2) is 0 Å². The van der Waals surface area contributed by atoms with E-state index in [2.05, 4.69) is 5.32 Å². The van der Waals surface area contributed by atoms with Crippen molar-refractivity contribution in [3.05, 3.63) is 60.2 Å². The van der Waals surface area contributed by atoms with Crippen LogP contribution in [0.25, 0.3) is 0 Å². The molecule has 0 aliphatic carbocycles. The average Bonchev–Trinajstić information content (AvgIpc) is 2.17. The molecule has 0 fully saturated rings. The van der Waals surface area contributed by atoms with E-state index in [0.717, 1.165) is 0 Å². The first-order valence-corrected chi connectivity index (χ1v) is 4.47. The van der Waals surface area contributed by atoms with E-state index in [9.17, 15) is 8.78 Å². The summed E-state index contributed by atoms with van der Waals surface area (Å²) in [6.45, 7) is 0. The van der Waals surface area contributed by atoms with Gasteiger partial charge in [-0.1, -0.05) is 12.1 Å². The number of benzene rings is 2. The fourth-order valence-electron chi connectivity index (χ4n) is 1.24. The fourth-order valence-corrected chi connectivity index (χ4v) is 1.24. The lowest BCUT2D eigenvalue weighted by molar-refractivity contribution is 0.626. The van der Waals surface area contributed by atoms with Crippen molar-refractivity contribution >= 4 is 11.4 Å². The summed E-state index contributed by atoms with van der Waals surface area (Å²) in [5, 5.41) is 4.08. The summed E-state index contributed by atoms with van der Waals surface area (Å²) in [6.07, 6.45) is 0. The van der Waals surface area contributed by atoms with Gasteiger partial charge in [-0.25, -0.2) is 14.1 Å². The van der Waals surface area contributed by atoms with Gasteiger partial charge in [-0.3, -0.25) is 0 Å². The van der Waals surface area contributed by atoms with Crippen molar-refractivity contribution in [1.82, 2.24) is 5.32 Å². The molecule has 75 valence electrons. The molecule has 2 aromatic rings. The second-order valence-corrected chi connectivity index (χ2v) is 3.07. The second-order valence-electron chi connectivity index (χ2n) is 3.07. The zero-order valence-corrected chi connectivity index (χ0v) is 7.82. The van der Waals surface area contributed by atoms with Crippen LogP contribution in [0.5, 0.6) is 0 Å². The summed E-state index contributed by atoms with van der Waals surface area (Å²) < 4.78 is 25.6. The van der Waals surface area contributed by atoms with Crippen LogP contribution in [0.3, 0.4) is 0 Å². The van der Waals surface area contributed by atoms with Gasteiger partial charge in [0.1, 0.15) is 11.6 Å². The number of hydrogen-bond acceptors (Lipinski definition) is 0. The third kappa shape index (κ3) is 2.53. The number of nitrogens with zero attached hydrogens (tertiary/aromatic N) is 1. The maximum Gasteiger partial charge on any atom is 0.125 e. The van der Waals surface area contributed by atoms with E-state index >= 15 is 0 Å². The van der Waals surface area contributed by atoms with Crippen molar-refractivity contribution in [1.29, 1.82) is 0 Å². The monoisotopic (exact) mass is 204 g/mol. The van der Waals surface area contributed by atoms with Crippen molar-refractivity contribution in [2.45, 2.75) is 0 Å². The molecule has 1 radical (unpaired) electrons. The molecule has 0 aromatic heterocycles. The number of rotatable bonds is 2. The molecule has 0 aliphatic heterocycles. The Bertz CT molecular complexity index is 425. The number of halogens is 2. The van der Waals surface area contributed by atoms with Gasteiger partial charge in [0.25, 0.3) is 0 Å². The molecule has 0 saturated heterocycles. The van der Waals surface area contributed by atoms with Crippen LogP contribution in [0.15, 0.2) is 48.5 Å². The molecule has 0 saturated carbocycles. The molecule has 15 heavy (non-hydrogen) atoms. The van der Waals surface area contributed by atoms with Crippen LogP contribution in [0.1, 0.15) is 0 Å². The van der Waals surface area contributed by atoms with Crippen molar-refractivity contribution in [3.8, 4) is 0 Å². The summed E-state index contributed by atoms with van der Waals surface area (Å²) in [5.41, 5.74) is 0.946. The van der Waals surface area contributed by atoms with E-state index in [-0.39, 0.29) is 11.6 Å². The zero-order valence-electron chi connectivity index (χ0n) is 7.82. The lowest BCUT2D eigenvalue weighted by atomic mass is 10.2. The third-order valence-electron chi connectivity index (χ3n) is 1.87. The minimum atomic E-state index is -0.354. The quantitative estimate of drug-likeness (QED) is 0.710. The normalized spacial score (nSPS) is 10.0. The summed E-state index contributed by atoms with van der Waals surface area (Å²) >= 11 is 0. The second kappa shape index (κ2) is 4.09. The first-order chi connectivity index (χ1) is 7.24.